The van der Waals surface area contributed by atoms with E-state index in [9.17, 15) is 9.59 Å². The van der Waals surface area contributed by atoms with Gasteiger partial charge >= 0.3 is 0 Å². The predicted octanol–water partition coefficient (Wildman–Crippen LogP) is 5.51. The predicted molar refractivity (Wildman–Crippen MR) is 115 cm³/mol. The minimum absolute atomic E-state index is 0.211. The third-order valence-electron chi connectivity index (χ3n) is 3.95. The van der Waals surface area contributed by atoms with Crippen molar-refractivity contribution < 1.29 is 9.21 Å². The number of benzene rings is 2. The molecule has 0 spiro atoms. The molecule has 1 fully saturated rings. The first-order valence-electron chi connectivity index (χ1n) is 7.69. The first kappa shape index (κ1) is 18.3. The highest BCUT2D eigenvalue weighted by Crippen LogP contribution is 2.37. The molecule has 8 heteroatoms. The van der Waals surface area contributed by atoms with Crippen LogP contribution in [0.15, 0.2) is 62.8 Å². The van der Waals surface area contributed by atoms with Crippen molar-refractivity contribution in [1.29, 1.82) is 0 Å². The molecule has 0 unspecified atom stereocenters. The van der Waals surface area contributed by atoms with Crippen LogP contribution in [0, 0.1) is 0 Å². The van der Waals surface area contributed by atoms with Gasteiger partial charge in [-0.25, -0.2) is 0 Å². The van der Waals surface area contributed by atoms with Gasteiger partial charge in [-0.2, -0.15) is 0 Å². The number of halogens is 2. The van der Waals surface area contributed by atoms with Crippen molar-refractivity contribution in [2.75, 3.05) is 4.90 Å². The van der Waals surface area contributed by atoms with Gasteiger partial charge in [-0.3, -0.25) is 14.5 Å². The number of anilines is 1. The van der Waals surface area contributed by atoms with E-state index in [-0.39, 0.29) is 16.9 Å². The summed E-state index contributed by atoms with van der Waals surface area (Å²) in [4.78, 5) is 27.2. The summed E-state index contributed by atoms with van der Waals surface area (Å²) in [6.07, 6.45) is 2.84. The second-order valence-corrected chi connectivity index (χ2v) is 8.12. The maximum absolute atomic E-state index is 12.8. The lowest BCUT2D eigenvalue weighted by molar-refractivity contribution is -0.113. The van der Waals surface area contributed by atoms with Crippen molar-refractivity contribution in [3.63, 3.8) is 0 Å². The van der Waals surface area contributed by atoms with Gasteiger partial charge < -0.3 is 4.42 Å². The van der Waals surface area contributed by atoms with Crippen LogP contribution in [0.2, 0.25) is 10.0 Å². The fraction of sp³-hybridized carbons (Fsp3) is 0. The summed E-state index contributed by atoms with van der Waals surface area (Å²) < 4.78 is 5.84. The lowest BCUT2D eigenvalue weighted by Crippen LogP contribution is -2.27. The quantitative estimate of drug-likeness (QED) is 0.394. The van der Waals surface area contributed by atoms with Crippen LogP contribution in [0.4, 0.5) is 5.69 Å². The highest BCUT2D eigenvalue weighted by Gasteiger charge is 2.33. The summed E-state index contributed by atoms with van der Waals surface area (Å²) in [5, 5.41) is 1.16. The first-order chi connectivity index (χ1) is 13.0. The molecule has 1 aliphatic heterocycles. The Morgan fingerprint density at radius 1 is 1.07 bits per heavy atom. The second kappa shape index (κ2) is 7.13. The third kappa shape index (κ3) is 3.30. The number of amides is 1. The van der Waals surface area contributed by atoms with Crippen LogP contribution in [-0.4, -0.2) is 10.2 Å². The maximum atomic E-state index is 12.8. The van der Waals surface area contributed by atoms with Gasteiger partial charge in [-0.15, -0.1) is 0 Å². The van der Waals surface area contributed by atoms with Gasteiger partial charge in [0, 0.05) is 0 Å². The van der Waals surface area contributed by atoms with Crippen molar-refractivity contribution in [3.05, 3.63) is 79.5 Å². The smallest absolute Gasteiger partial charge is 0.270 e. The van der Waals surface area contributed by atoms with Crippen molar-refractivity contribution >= 4 is 80.1 Å². The van der Waals surface area contributed by atoms with E-state index >= 15 is 0 Å². The molecule has 0 aliphatic carbocycles. The number of hydrogen-bond acceptors (Lipinski definition) is 5. The molecule has 0 saturated carbocycles. The fourth-order valence-electron chi connectivity index (χ4n) is 2.65. The summed E-state index contributed by atoms with van der Waals surface area (Å²) in [6, 6.07) is 11.8. The molecular weight excluding hydrogens is 425 g/mol. The Morgan fingerprint density at radius 3 is 2.63 bits per heavy atom. The standard InChI is InChI=1S/C19H9Cl2NO3S2/c20-13-6-5-11(8-14(13)21)22-18(24)16(27-19(22)26)7-10-9-25-15-4-2-1-3-12(15)17(10)23/h1-9H/b16-7+. The molecule has 0 bridgehead atoms. The number of carbonyl (C=O) groups is 1. The number of thioether (sulfide) groups is 1. The first-order valence-corrected chi connectivity index (χ1v) is 9.67. The minimum Gasteiger partial charge on any atom is -0.463 e. The molecule has 0 atom stereocenters. The van der Waals surface area contributed by atoms with E-state index in [4.69, 9.17) is 39.8 Å². The fourth-order valence-corrected chi connectivity index (χ4v) is 4.23. The van der Waals surface area contributed by atoms with Crippen molar-refractivity contribution in [2.24, 2.45) is 0 Å². The summed E-state index contributed by atoms with van der Waals surface area (Å²) in [5.41, 5.74) is 1.07. The Labute approximate surface area is 173 Å². The van der Waals surface area contributed by atoms with Gasteiger partial charge in [-0.05, 0) is 36.4 Å². The monoisotopic (exact) mass is 433 g/mol. The normalized spacial score (nSPS) is 15.9. The Morgan fingerprint density at radius 2 is 1.85 bits per heavy atom. The van der Waals surface area contributed by atoms with Crippen LogP contribution in [0.25, 0.3) is 17.0 Å². The van der Waals surface area contributed by atoms with Crippen molar-refractivity contribution in [2.45, 2.75) is 0 Å². The Kier molecular flexibility index (Phi) is 4.82. The van der Waals surface area contributed by atoms with E-state index < -0.39 is 0 Å². The van der Waals surface area contributed by atoms with E-state index in [0.717, 1.165) is 11.8 Å². The molecular formula is C19H9Cl2NO3S2. The minimum atomic E-state index is -0.337. The zero-order valence-corrected chi connectivity index (χ0v) is 16.6. The van der Waals surface area contributed by atoms with Crippen LogP contribution >= 0.6 is 47.2 Å². The van der Waals surface area contributed by atoms with Crippen LogP contribution in [0.5, 0.6) is 0 Å². The molecule has 134 valence electrons. The molecule has 1 aromatic heterocycles. The number of rotatable bonds is 2. The van der Waals surface area contributed by atoms with E-state index in [1.165, 1.54) is 17.2 Å². The Bertz CT molecular complexity index is 1200. The summed E-state index contributed by atoms with van der Waals surface area (Å²) in [7, 11) is 0. The molecule has 1 amide bonds. The average Bonchev–Trinajstić information content (AvgIpc) is 2.93. The average molecular weight is 434 g/mol. The molecule has 27 heavy (non-hydrogen) atoms. The SMILES string of the molecule is O=C1/C(=C\c2coc3ccccc3c2=O)SC(=S)N1c1ccc(Cl)c(Cl)c1. The number of hydrogen-bond donors (Lipinski definition) is 0. The number of para-hydroxylation sites is 1. The molecule has 0 radical (unpaired) electrons. The largest absolute Gasteiger partial charge is 0.463 e. The third-order valence-corrected chi connectivity index (χ3v) is 5.99. The Balaban J connectivity index is 1.74. The summed E-state index contributed by atoms with van der Waals surface area (Å²) >= 11 is 18.4. The van der Waals surface area contributed by atoms with Crippen molar-refractivity contribution in [3.8, 4) is 0 Å². The Hall–Kier alpha value is -2.12. The molecule has 3 aromatic rings. The molecule has 4 nitrogen and oxygen atoms in total. The zero-order chi connectivity index (χ0) is 19.1. The highest BCUT2D eigenvalue weighted by atomic mass is 35.5. The molecule has 4 rings (SSSR count). The lowest BCUT2D eigenvalue weighted by Gasteiger charge is -2.15. The van der Waals surface area contributed by atoms with Gasteiger partial charge in [-0.1, -0.05) is 59.3 Å². The van der Waals surface area contributed by atoms with Crippen LogP contribution in [0.1, 0.15) is 5.56 Å². The number of fused-ring (bicyclic) bond motifs is 1. The second-order valence-electron chi connectivity index (χ2n) is 5.63. The van der Waals surface area contributed by atoms with Crippen LogP contribution in [0.3, 0.4) is 0 Å². The number of carbonyl (C=O) groups excluding carboxylic acids is 1. The number of thiocarbonyl (C=S) groups is 1. The topological polar surface area (TPSA) is 50.5 Å². The van der Waals surface area contributed by atoms with E-state index in [0.29, 0.717) is 35.9 Å². The molecule has 2 heterocycles. The van der Waals surface area contributed by atoms with Gasteiger partial charge in [0.15, 0.2) is 9.75 Å². The molecule has 0 N–H and O–H groups in total. The summed E-state index contributed by atoms with van der Waals surface area (Å²) in [6.45, 7) is 0. The van der Waals surface area contributed by atoms with Gasteiger partial charge in [0.1, 0.15) is 11.8 Å². The maximum Gasteiger partial charge on any atom is 0.270 e. The van der Waals surface area contributed by atoms with E-state index in [1.54, 1.807) is 42.5 Å². The van der Waals surface area contributed by atoms with E-state index in [2.05, 4.69) is 0 Å². The van der Waals surface area contributed by atoms with Crippen LogP contribution in [-0.2, 0) is 4.79 Å². The van der Waals surface area contributed by atoms with Gasteiger partial charge in [0.25, 0.3) is 5.91 Å². The molecule has 2 aromatic carbocycles. The zero-order valence-electron chi connectivity index (χ0n) is 13.4. The van der Waals surface area contributed by atoms with Crippen LogP contribution < -0.4 is 10.3 Å². The van der Waals surface area contributed by atoms with Gasteiger partial charge in [0.05, 0.1) is 31.6 Å². The molecule has 1 saturated heterocycles. The van der Waals surface area contributed by atoms with Crippen molar-refractivity contribution in [1.82, 2.24) is 0 Å². The summed E-state index contributed by atoms with van der Waals surface area (Å²) in [5.74, 6) is -0.337. The highest BCUT2D eigenvalue weighted by molar-refractivity contribution is 8.27. The molecule has 1 aliphatic rings. The van der Waals surface area contributed by atoms with E-state index in [1.807, 2.05) is 0 Å². The lowest BCUT2D eigenvalue weighted by atomic mass is 10.1. The number of nitrogens with zero attached hydrogens (tertiary/aromatic N) is 1. The van der Waals surface area contributed by atoms with Gasteiger partial charge in [0.2, 0.25) is 0 Å².